The van der Waals surface area contributed by atoms with Gasteiger partial charge in [0, 0.05) is 12.1 Å². The summed E-state index contributed by atoms with van der Waals surface area (Å²) in [6, 6.07) is 7.75. The minimum atomic E-state index is -1.07. The number of rotatable bonds is 14. The number of benzene rings is 1. The number of unbranched alkanes of at least 4 members (excludes halogenated alkanes) is 7. The van der Waals surface area contributed by atoms with Crippen LogP contribution in [0.1, 0.15) is 82.2 Å². The first-order valence-corrected chi connectivity index (χ1v) is 10.8. The molecule has 1 unspecified atom stereocenters. The molecule has 1 aromatic heterocycles. The second kappa shape index (κ2) is 12.9. The predicted molar refractivity (Wildman–Crippen MR) is 114 cm³/mol. The molecule has 0 saturated heterocycles. The Labute approximate surface area is 173 Å². The number of hydrogen-bond donors (Lipinski definition) is 3. The molecular weight excluding hydrogens is 368 g/mol. The zero-order chi connectivity index (χ0) is 20.9. The highest BCUT2D eigenvalue weighted by molar-refractivity contribution is 5.64. The monoisotopic (exact) mass is 402 g/mol. The third kappa shape index (κ3) is 8.64. The summed E-state index contributed by atoms with van der Waals surface area (Å²) in [6.45, 7) is 2.49. The zero-order valence-corrected chi connectivity index (χ0v) is 17.4. The number of aryl methyl sites for hydroxylation is 1. The van der Waals surface area contributed by atoms with Crippen LogP contribution in [0.2, 0.25) is 0 Å². The highest BCUT2D eigenvalue weighted by atomic mass is 16.5. The van der Waals surface area contributed by atoms with Crippen molar-refractivity contribution in [3.05, 3.63) is 35.7 Å². The molecule has 1 heterocycles. The maximum absolute atomic E-state index is 10.5. The first-order chi connectivity index (χ1) is 14.1. The molecule has 1 amide bonds. The minimum Gasteiger partial charge on any atom is -0.465 e. The van der Waals surface area contributed by atoms with Gasteiger partial charge in [-0.25, -0.2) is 4.79 Å². The summed E-state index contributed by atoms with van der Waals surface area (Å²) in [5.41, 5.74) is 8.19. The van der Waals surface area contributed by atoms with E-state index < -0.39 is 12.1 Å². The van der Waals surface area contributed by atoms with E-state index in [9.17, 15) is 4.79 Å². The van der Waals surface area contributed by atoms with E-state index in [0.29, 0.717) is 18.1 Å². The van der Waals surface area contributed by atoms with Gasteiger partial charge in [-0.2, -0.15) is 4.98 Å². The molecule has 0 saturated carbocycles. The molecule has 1 aromatic carbocycles. The lowest BCUT2D eigenvalue weighted by Gasteiger charge is -2.05. The van der Waals surface area contributed by atoms with Gasteiger partial charge in [0.1, 0.15) is 0 Å². The quantitative estimate of drug-likeness (QED) is 0.380. The largest absolute Gasteiger partial charge is 0.465 e. The summed E-state index contributed by atoms with van der Waals surface area (Å²) in [4.78, 5) is 14.8. The average Bonchev–Trinajstić information content (AvgIpc) is 3.20. The summed E-state index contributed by atoms with van der Waals surface area (Å²) >= 11 is 0. The van der Waals surface area contributed by atoms with Gasteiger partial charge >= 0.3 is 6.09 Å². The number of carboxylic acid groups (broad SMARTS) is 1. The van der Waals surface area contributed by atoms with E-state index in [-0.39, 0.29) is 6.54 Å². The van der Waals surface area contributed by atoms with Gasteiger partial charge in [0.2, 0.25) is 11.7 Å². The smallest absolute Gasteiger partial charge is 0.404 e. The molecule has 29 heavy (non-hydrogen) atoms. The Hall–Kier alpha value is -2.41. The van der Waals surface area contributed by atoms with Gasteiger partial charge in [-0.1, -0.05) is 81.3 Å². The lowest BCUT2D eigenvalue weighted by atomic mass is 10.0. The van der Waals surface area contributed by atoms with Crippen molar-refractivity contribution in [1.82, 2.24) is 15.5 Å². The fourth-order valence-corrected chi connectivity index (χ4v) is 3.24. The van der Waals surface area contributed by atoms with Gasteiger partial charge in [-0.15, -0.1) is 0 Å². The van der Waals surface area contributed by atoms with Crippen LogP contribution in [0, 0.1) is 0 Å². The van der Waals surface area contributed by atoms with Crippen LogP contribution in [-0.4, -0.2) is 27.9 Å². The molecule has 7 nitrogen and oxygen atoms in total. The molecule has 0 radical (unpaired) electrons. The standard InChI is InChI=1S/C22H34N4O3/c1-2-3-4-5-6-7-8-9-10-17-11-13-18(14-12-17)20-25-21(29-26-20)19(23)15-16-24-22(27)28/h11-14,19,24H,2-10,15-16,23H2,1H3,(H,27,28). The second-order valence-corrected chi connectivity index (χ2v) is 7.51. The molecular formula is C22H34N4O3. The van der Waals surface area contributed by atoms with Crippen LogP contribution >= 0.6 is 0 Å². The topological polar surface area (TPSA) is 114 Å². The fraction of sp³-hybridized carbons (Fsp3) is 0.591. The number of nitrogens with zero attached hydrogens (tertiary/aromatic N) is 2. The van der Waals surface area contributed by atoms with Crippen LogP contribution in [0.15, 0.2) is 28.8 Å². The lowest BCUT2D eigenvalue weighted by Crippen LogP contribution is -2.25. The summed E-state index contributed by atoms with van der Waals surface area (Å²) in [5, 5.41) is 14.9. The van der Waals surface area contributed by atoms with Crippen LogP contribution in [0.4, 0.5) is 4.79 Å². The Morgan fingerprint density at radius 3 is 2.41 bits per heavy atom. The molecule has 0 aliphatic heterocycles. The second-order valence-electron chi connectivity index (χ2n) is 7.51. The molecule has 2 rings (SSSR count). The van der Waals surface area contributed by atoms with Crippen molar-refractivity contribution >= 4 is 6.09 Å². The van der Waals surface area contributed by atoms with Gasteiger partial charge in [0.05, 0.1) is 6.04 Å². The van der Waals surface area contributed by atoms with E-state index in [1.54, 1.807) is 0 Å². The number of aromatic nitrogens is 2. The molecule has 4 N–H and O–H groups in total. The van der Waals surface area contributed by atoms with Crippen LogP contribution < -0.4 is 11.1 Å². The van der Waals surface area contributed by atoms with Crippen molar-refractivity contribution in [2.24, 2.45) is 5.73 Å². The lowest BCUT2D eigenvalue weighted by molar-refractivity contribution is 0.194. The highest BCUT2D eigenvalue weighted by Crippen LogP contribution is 2.20. The summed E-state index contributed by atoms with van der Waals surface area (Å²) < 4.78 is 5.23. The van der Waals surface area contributed by atoms with Gasteiger partial charge in [-0.3, -0.25) is 0 Å². The Balaban J connectivity index is 1.73. The normalized spacial score (nSPS) is 12.1. The Bertz CT molecular complexity index is 715. The molecule has 0 aliphatic rings. The predicted octanol–water partition coefficient (Wildman–Crippen LogP) is 5.08. The first-order valence-electron chi connectivity index (χ1n) is 10.8. The SMILES string of the molecule is CCCCCCCCCCc1ccc(-c2noc(C(N)CCNC(=O)O)n2)cc1. The zero-order valence-electron chi connectivity index (χ0n) is 17.4. The van der Waals surface area contributed by atoms with E-state index in [1.165, 1.54) is 56.9 Å². The highest BCUT2D eigenvalue weighted by Gasteiger charge is 2.16. The van der Waals surface area contributed by atoms with Crippen molar-refractivity contribution in [2.45, 2.75) is 77.2 Å². The number of amides is 1. The third-order valence-electron chi connectivity index (χ3n) is 5.02. The number of carbonyl (C=O) groups is 1. The molecule has 0 spiro atoms. The van der Waals surface area contributed by atoms with E-state index in [2.05, 4.69) is 34.5 Å². The Kier molecular flexibility index (Phi) is 10.2. The number of nitrogens with two attached hydrogens (primary N) is 1. The van der Waals surface area contributed by atoms with Gasteiger partial charge < -0.3 is 20.7 Å². The first kappa shape index (κ1) is 22.9. The maximum Gasteiger partial charge on any atom is 0.404 e. The number of hydrogen-bond acceptors (Lipinski definition) is 5. The molecule has 0 bridgehead atoms. The summed E-state index contributed by atoms with van der Waals surface area (Å²) in [5.74, 6) is 0.815. The Morgan fingerprint density at radius 2 is 1.76 bits per heavy atom. The van der Waals surface area contributed by atoms with Crippen LogP contribution in [0.3, 0.4) is 0 Å². The molecule has 160 valence electrons. The Morgan fingerprint density at radius 1 is 1.10 bits per heavy atom. The van der Waals surface area contributed by atoms with Gasteiger partial charge in [0.25, 0.3) is 0 Å². The summed E-state index contributed by atoms with van der Waals surface area (Å²) in [7, 11) is 0. The fourth-order valence-electron chi connectivity index (χ4n) is 3.24. The van der Waals surface area contributed by atoms with E-state index >= 15 is 0 Å². The van der Waals surface area contributed by atoms with Crippen molar-refractivity contribution < 1.29 is 14.4 Å². The molecule has 7 heteroatoms. The van der Waals surface area contributed by atoms with Crippen LogP contribution in [0.5, 0.6) is 0 Å². The molecule has 0 aliphatic carbocycles. The average molecular weight is 403 g/mol. The van der Waals surface area contributed by atoms with Crippen LogP contribution in [0.25, 0.3) is 11.4 Å². The third-order valence-corrected chi connectivity index (χ3v) is 5.02. The summed E-state index contributed by atoms with van der Waals surface area (Å²) in [6.07, 6.45) is 11.0. The van der Waals surface area contributed by atoms with Crippen LogP contribution in [-0.2, 0) is 6.42 Å². The van der Waals surface area contributed by atoms with Crippen molar-refractivity contribution in [3.8, 4) is 11.4 Å². The van der Waals surface area contributed by atoms with Gasteiger partial charge in [0.15, 0.2) is 0 Å². The van der Waals surface area contributed by atoms with Crippen molar-refractivity contribution in [2.75, 3.05) is 6.54 Å². The van der Waals surface area contributed by atoms with Crippen molar-refractivity contribution in [1.29, 1.82) is 0 Å². The minimum absolute atomic E-state index is 0.238. The van der Waals surface area contributed by atoms with E-state index in [0.717, 1.165) is 12.0 Å². The number of nitrogens with one attached hydrogen (secondary N) is 1. The van der Waals surface area contributed by atoms with E-state index in [1.807, 2.05) is 12.1 Å². The van der Waals surface area contributed by atoms with E-state index in [4.69, 9.17) is 15.4 Å². The molecule has 2 aromatic rings. The van der Waals surface area contributed by atoms with Gasteiger partial charge in [-0.05, 0) is 24.8 Å². The molecule has 0 fully saturated rings. The van der Waals surface area contributed by atoms with Crippen molar-refractivity contribution in [3.63, 3.8) is 0 Å². The molecule has 1 atom stereocenters. The maximum atomic E-state index is 10.5.